The Kier molecular flexibility index (Phi) is 5.82. The molecule has 0 spiro atoms. The van der Waals surface area contributed by atoms with Gasteiger partial charge in [0.05, 0.1) is 16.6 Å². The van der Waals surface area contributed by atoms with E-state index >= 15 is 0 Å². The van der Waals surface area contributed by atoms with Gasteiger partial charge in [0.2, 0.25) is 11.8 Å². The SMILES string of the molecule is NC(=O)C(O)CNC(=O)/C=C/c1cccc(Cl)c1Cl. The van der Waals surface area contributed by atoms with Crippen molar-refractivity contribution in [2.24, 2.45) is 5.73 Å². The second kappa shape index (κ2) is 7.13. The van der Waals surface area contributed by atoms with Crippen molar-refractivity contribution in [3.8, 4) is 0 Å². The molecule has 0 fully saturated rings. The van der Waals surface area contributed by atoms with Crippen LogP contribution in [0.15, 0.2) is 24.3 Å². The number of carbonyl (C=O) groups is 2. The molecule has 1 rings (SSSR count). The molecular formula is C12H12Cl2N2O3. The standard InChI is InChI=1S/C12H12Cl2N2O3/c13-8-3-1-2-7(11(8)14)4-5-10(18)16-6-9(17)12(15)19/h1-5,9,17H,6H2,(H2,15,19)(H,16,18)/b5-4+. The van der Waals surface area contributed by atoms with E-state index in [0.29, 0.717) is 15.6 Å². The molecule has 1 aromatic rings. The number of primary amides is 1. The van der Waals surface area contributed by atoms with Gasteiger partial charge in [0.1, 0.15) is 6.10 Å². The maximum atomic E-state index is 11.4. The minimum atomic E-state index is -1.41. The van der Waals surface area contributed by atoms with Gasteiger partial charge >= 0.3 is 0 Å². The smallest absolute Gasteiger partial charge is 0.248 e. The summed E-state index contributed by atoms with van der Waals surface area (Å²) >= 11 is 11.7. The lowest BCUT2D eigenvalue weighted by molar-refractivity contribution is -0.126. The molecule has 0 aromatic heterocycles. The van der Waals surface area contributed by atoms with E-state index in [-0.39, 0.29) is 6.54 Å². The van der Waals surface area contributed by atoms with Gasteiger partial charge < -0.3 is 16.2 Å². The van der Waals surface area contributed by atoms with E-state index < -0.39 is 17.9 Å². The molecule has 19 heavy (non-hydrogen) atoms. The number of nitrogens with one attached hydrogen (secondary N) is 1. The summed E-state index contributed by atoms with van der Waals surface area (Å²) in [4.78, 5) is 21.9. The third kappa shape index (κ3) is 4.90. The largest absolute Gasteiger partial charge is 0.381 e. The van der Waals surface area contributed by atoms with Crippen molar-refractivity contribution < 1.29 is 14.7 Å². The Hall–Kier alpha value is -1.56. The Balaban J connectivity index is 2.59. The van der Waals surface area contributed by atoms with E-state index in [9.17, 15) is 9.59 Å². The molecule has 0 aliphatic carbocycles. The molecule has 0 aliphatic rings. The van der Waals surface area contributed by atoms with E-state index in [1.165, 1.54) is 12.2 Å². The lowest BCUT2D eigenvalue weighted by atomic mass is 10.2. The van der Waals surface area contributed by atoms with Gasteiger partial charge in [-0.2, -0.15) is 0 Å². The second-order valence-corrected chi connectivity index (χ2v) is 4.42. The maximum Gasteiger partial charge on any atom is 0.248 e. The summed E-state index contributed by atoms with van der Waals surface area (Å²) < 4.78 is 0. The highest BCUT2D eigenvalue weighted by molar-refractivity contribution is 6.42. The van der Waals surface area contributed by atoms with Crippen molar-refractivity contribution in [3.63, 3.8) is 0 Å². The zero-order valence-corrected chi connectivity index (χ0v) is 11.3. The van der Waals surface area contributed by atoms with Crippen molar-refractivity contribution in [2.45, 2.75) is 6.10 Å². The molecule has 4 N–H and O–H groups in total. The van der Waals surface area contributed by atoms with E-state index in [4.69, 9.17) is 34.0 Å². The van der Waals surface area contributed by atoms with Gasteiger partial charge in [0.15, 0.2) is 0 Å². The van der Waals surface area contributed by atoms with Crippen LogP contribution in [0.2, 0.25) is 10.0 Å². The van der Waals surface area contributed by atoms with Gasteiger partial charge in [-0.3, -0.25) is 9.59 Å². The molecule has 1 aromatic carbocycles. The Morgan fingerprint density at radius 1 is 1.42 bits per heavy atom. The van der Waals surface area contributed by atoms with Crippen LogP contribution in [0.3, 0.4) is 0 Å². The molecular weight excluding hydrogens is 291 g/mol. The first kappa shape index (κ1) is 15.5. The van der Waals surface area contributed by atoms with Crippen LogP contribution in [-0.4, -0.2) is 29.6 Å². The number of aliphatic hydroxyl groups excluding tert-OH is 1. The molecule has 0 heterocycles. The number of nitrogens with two attached hydrogens (primary N) is 1. The average Bonchev–Trinajstić information content (AvgIpc) is 2.37. The van der Waals surface area contributed by atoms with E-state index in [2.05, 4.69) is 5.32 Å². The minimum absolute atomic E-state index is 0.248. The highest BCUT2D eigenvalue weighted by atomic mass is 35.5. The van der Waals surface area contributed by atoms with Crippen LogP contribution >= 0.6 is 23.2 Å². The van der Waals surface area contributed by atoms with Crippen LogP contribution in [0, 0.1) is 0 Å². The maximum absolute atomic E-state index is 11.4. The first-order valence-electron chi connectivity index (χ1n) is 5.29. The number of benzene rings is 1. The monoisotopic (exact) mass is 302 g/mol. The van der Waals surface area contributed by atoms with Gasteiger partial charge in [-0.25, -0.2) is 0 Å². The van der Waals surface area contributed by atoms with Crippen LogP contribution in [0.5, 0.6) is 0 Å². The first-order valence-corrected chi connectivity index (χ1v) is 6.04. The first-order chi connectivity index (χ1) is 8.91. The Morgan fingerprint density at radius 2 is 2.11 bits per heavy atom. The van der Waals surface area contributed by atoms with Crippen molar-refractivity contribution >= 4 is 41.1 Å². The van der Waals surface area contributed by atoms with Gasteiger partial charge in [-0.15, -0.1) is 0 Å². The summed E-state index contributed by atoms with van der Waals surface area (Å²) in [6.07, 6.45) is 1.28. The van der Waals surface area contributed by atoms with Crippen LogP contribution in [0.1, 0.15) is 5.56 Å². The summed E-state index contributed by atoms with van der Waals surface area (Å²) in [6.45, 7) is -0.248. The molecule has 1 unspecified atom stereocenters. The second-order valence-electron chi connectivity index (χ2n) is 3.64. The fourth-order valence-electron chi connectivity index (χ4n) is 1.17. The lowest BCUT2D eigenvalue weighted by Crippen LogP contribution is -2.39. The predicted octanol–water partition coefficient (Wildman–Crippen LogP) is 0.969. The highest BCUT2D eigenvalue weighted by Gasteiger charge is 2.10. The molecule has 0 aliphatic heterocycles. The Labute approximate surface area is 120 Å². The lowest BCUT2D eigenvalue weighted by Gasteiger charge is -2.06. The Morgan fingerprint density at radius 3 is 2.74 bits per heavy atom. The number of amides is 2. The van der Waals surface area contributed by atoms with Gasteiger partial charge in [0, 0.05) is 6.08 Å². The number of hydrogen-bond acceptors (Lipinski definition) is 3. The third-order valence-corrected chi connectivity index (χ3v) is 3.03. The molecule has 7 heteroatoms. The van der Waals surface area contributed by atoms with Crippen molar-refractivity contribution in [3.05, 3.63) is 39.9 Å². The fraction of sp³-hybridized carbons (Fsp3) is 0.167. The minimum Gasteiger partial charge on any atom is -0.381 e. The van der Waals surface area contributed by atoms with Crippen LogP contribution in [0.25, 0.3) is 6.08 Å². The molecule has 0 radical (unpaired) electrons. The molecule has 0 bridgehead atoms. The number of hydrogen-bond donors (Lipinski definition) is 3. The van der Waals surface area contributed by atoms with E-state index in [1.54, 1.807) is 18.2 Å². The molecule has 1 atom stereocenters. The summed E-state index contributed by atoms with van der Waals surface area (Å²) in [5.41, 5.74) is 5.42. The van der Waals surface area contributed by atoms with Gasteiger partial charge in [0.25, 0.3) is 0 Å². The van der Waals surface area contributed by atoms with Gasteiger partial charge in [-0.05, 0) is 17.7 Å². The number of halogens is 2. The van der Waals surface area contributed by atoms with Crippen molar-refractivity contribution in [2.75, 3.05) is 6.54 Å². The molecule has 5 nitrogen and oxygen atoms in total. The quantitative estimate of drug-likeness (QED) is 0.708. The summed E-state index contributed by atoms with van der Waals surface area (Å²) in [7, 11) is 0. The van der Waals surface area contributed by atoms with Crippen LogP contribution < -0.4 is 11.1 Å². The topological polar surface area (TPSA) is 92.4 Å². The van der Waals surface area contributed by atoms with Crippen molar-refractivity contribution in [1.82, 2.24) is 5.32 Å². The highest BCUT2D eigenvalue weighted by Crippen LogP contribution is 2.26. The number of carbonyl (C=O) groups excluding carboxylic acids is 2. The van der Waals surface area contributed by atoms with Crippen molar-refractivity contribution in [1.29, 1.82) is 0 Å². The normalized spacial score (nSPS) is 12.4. The molecule has 2 amide bonds. The summed E-state index contributed by atoms with van der Waals surface area (Å²) in [5, 5.41) is 12.1. The molecule has 0 saturated carbocycles. The van der Waals surface area contributed by atoms with E-state index in [0.717, 1.165) is 0 Å². The molecule has 0 saturated heterocycles. The summed E-state index contributed by atoms with van der Waals surface area (Å²) in [5.74, 6) is -1.39. The number of aliphatic hydroxyl groups is 1. The van der Waals surface area contributed by atoms with Crippen LogP contribution in [0.4, 0.5) is 0 Å². The van der Waals surface area contributed by atoms with Crippen LogP contribution in [-0.2, 0) is 9.59 Å². The molecule has 102 valence electrons. The van der Waals surface area contributed by atoms with Gasteiger partial charge in [-0.1, -0.05) is 35.3 Å². The Bertz CT molecular complexity index is 518. The van der Waals surface area contributed by atoms with E-state index in [1.807, 2.05) is 0 Å². The predicted molar refractivity (Wildman–Crippen MR) is 73.7 cm³/mol. The fourth-order valence-corrected chi connectivity index (χ4v) is 1.54. The average molecular weight is 303 g/mol. The number of rotatable bonds is 5. The zero-order chi connectivity index (χ0) is 14.4. The summed E-state index contributed by atoms with van der Waals surface area (Å²) in [6, 6.07) is 5.02. The third-order valence-electron chi connectivity index (χ3n) is 2.19. The zero-order valence-electron chi connectivity index (χ0n) is 9.77.